The maximum Gasteiger partial charge on any atom is 0.489 e. The van der Waals surface area contributed by atoms with Gasteiger partial charge in [-0.15, -0.1) is 0 Å². The van der Waals surface area contributed by atoms with Gasteiger partial charge in [0.2, 0.25) is 11.6 Å². The molecule has 0 bridgehead atoms. The van der Waals surface area contributed by atoms with Crippen molar-refractivity contribution in [2.75, 3.05) is 43.4 Å². The Morgan fingerprint density at radius 3 is 2.30 bits per heavy atom. The minimum Gasteiger partial charge on any atom is -0.744 e. The summed E-state index contributed by atoms with van der Waals surface area (Å²) in [4.78, 5) is 56.3. The number of rotatable bonds is 25. The van der Waals surface area contributed by atoms with E-state index in [2.05, 4.69) is 48.0 Å². The van der Waals surface area contributed by atoms with Gasteiger partial charge in [0.15, 0.2) is 23.4 Å². The number of phosphoric ester groups is 1. The number of aromatic nitrogens is 4. The molecule has 0 radical (unpaired) electrons. The fraction of sp³-hybridized carbons (Fsp3) is 0.500. The fourth-order valence-electron chi connectivity index (χ4n) is 10.8. The molecule has 8 rings (SSSR count). The third kappa shape index (κ3) is 13.2. The maximum atomic E-state index is 12.8. The summed E-state index contributed by atoms with van der Waals surface area (Å²) in [6.07, 6.45) is 6.39. The van der Waals surface area contributed by atoms with Crippen molar-refractivity contribution in [1.29, 1.82) is 0 Å². The van der Waals surface area contributed by atoms with Gasteiger partial charge in [-0.3, -0.25) is 18.4 Å². The van der Waals surface area contributed by atoms with Gasteiger partial charge in [-0.2, -0.15) is 21.6 Å². The van der Waals surface area contributed by atoms with Gasteiger partial charge in [0.1, 0.15) is 46.8 Å². The zero-order chi connectivity index (χ0) is 57.5. The molecule has 3 aliphatic heterocycles. The molecule has 1 aliphatic carbocycles. The molecule has 10 N–H and O–H groups in total. The number of imidazole rings is 1. The Kier molecular flexibility index (Phi) is 17.8. The van der Waals surface area contributed by atoms with Crippen LogP contribution in [0.25, 0.3) is 11.2 Å². The number of unbranched alkanes of at least 4 members (excludes halogenated alkanes) is 5. The van der Waals surface area contributed by atoms with Crippen LogP contribution >= 0.6 is 23.4 Å². The normalized spacial score (nSPS) is 26.2. The van der Waals surface area contributed by atoms with Crippen molar-refractivity contribution < 1.29 is 91.8 Å². The number of aliphatic hydroxyl groups is 2. The van der Waals surface area contributed by atoms with E-state index >= 15 is 0 Å². The highest BCUT2D eigenvalue weighted by molar-refractivity contribution is 7.86. The zero-order valence-electron chi connectivity index (χ0n) is 43.0. The molecule has 9 atom stereocenters. The van der Waals surface area contributed by atoms with Gasteiger partial charge in [0.05, 0.1) is 28.1 Å². The quantitative estimate of drug-likeness (QED) is 0.0195. The van der Waals surface area contributed by atoms with Gasteiger partial charge in [-0.05, 0) is 94.8 Å². The predicted octanol–water partition coefficient (Wildman–Crippen LogP) is 4.05. The Bertz CT molecular complexity index is 3490. The Hall–Kier alpha value is -4.68. The minimum atomic E-state index is -5.75. The second-order valence-electron chi connectivity index (χ2n) is 19.8. The number of ether oxygens (including phenoxy) is 1. The number of nitrogen functional groups attached to an aromatic ring is 1. The summed E-state index contributed by atoms with van der Waals surface area (Å²) in [5.41, 5.74) is 8.88. The minimum absolute atomic E-state index is 0.0261. The van der Waals surface area contributed by atoms with E-state index in [1.165, 1.54) is 35.2 Å². The molecule has 2 aromatic heterocycles. The molecular weight excluding hydrogens is 1140 g/mol. The van der Waals surface area contributed by atoms with Crippen molar-refractivity contribution >= 4 is 83.6 Å². The molecule has 1 amide bonds. The summed E-state index contributed by atoms with van der Waals surface area (Å²) in [5.74, 6) is -0.138. The van der Waals surface area contributed by atoms with Crippen LogP contribution in [-0.4, -0.2) is 138 Å². The third-order valence-electron chi connectivity index (χ3n) is 14.4. The molecule has 79 heavy (non-hydrogen) atoms. The van der Waals surface area contributed by atoms with Gasteiger partial charge < -0.3 is 50.1 Å². The number of carbonyl (C=O) groups excluding carboxylic acids is 1. The summed E-state index contributed by atoms with van der Waals surface area (Å²) < 4.78 is 131. The van der Waals surface area contributed by atoms with E-state index in [1.54, 1.807) is 12.1 Å². The molecule has 432 valence electrons. The van der Waals surface area contributed by atoms with Crippen LogP contribution in [0.1, 0.15) is 95.9 Å². The van der Waals surface area contributed by atoms with Crippen molar-refractivity contribution in [3.8, 4) is 0 Å². The van der Waals surface area contributed by atoms with Gasteiger partial charge in [-0.1, -0.05) is 18.9 Å². The number of carbonyl (C=O) groups is 1. The zero-order valence-corrected chi connectivity index (χ0v) is 47.3. The number of likely N-dealkylation sites (N-methyl/N-ethyl adjacent to an activating group) is 1. The molecule has 1 saturated heterocycles. The summed E-state index contributed by atoms with van der Waals surface area (Å²) >= 11 is 0. The molecule has 5 heterocycles. The number of hydrogen-bond acceptors (Lipinski definition) is 20. The number of aliphatic hydroxyl groups excluding tert-OH is 2. The number of anilines is 2. The topological polar surface area (TPSA) is 418 Å². The van der Waals surface area contributed by atoms with Crippen molar-refractivity contribution in [2.45, 2.75) is 124 Å². The van der Waals surface area contributed by atoms with Crippen LogP contribution in [0.5, 0.6) is 0 Å². The number of nitrogens with one attached hydrogen (secondary N) is 2. The highest BCUT2D eigenvalue weighted by Gasteiger charge is 2.56. The first kappa shape index (κ1) is 60.4. The Morgan fingerprint density at radius 1 is 0.899 bits per heavy atom. The van der Waals surface area contributed by atoms with Crippen molar-refractivity contribution in [3.05, 3.63) is 84.1 Å². The van der Waals surface area contributed by atoms with Crippen LogP contribution < -0.4 is 21.0 Å². The molecule has 28 nitrogen and oxygen atoms in total. The molecule has 4 aliphatic rings. The van der Waals surface area contributed by atoms with Crippen LogP contribution in [0, 0.1) is 0 Å². The van der Waals surface area contributed by atoms with E-state index in [4.69, 9.17) is 10.5 Å². The predicted molar refractivity (Wildman–Crippen MR) is 281 cm³/mol. The van der Waals surface area contributed by atoms with Crippen LogP contribution in [0.2, 0.25) is 0 Å². The lowest BCUT2D eigenvalue weighted by Gasteiger charge is -2.37. The van der Waals surface area contributed by atoms with E-state index in [-0.39, 0.29) is 52.1 Å². The van der Waals surface area contributed by atoms with E-state index in [0.717, 1.165) is 29.1 Å². The molecule has 5 unspecified atom stereocenters. The van der Waals surface area contributed by atoms with Crippen LogP contribution in [0.15, 0.2) is 82.8 Å². The third-order valence-corrected chi connectivity index (χ3v) is 20.5. The highest BCUT2D eigenvalue weighted by atomic mass is 32.2. The second kappa shape index (κ2) is 23.3. The number of fused-ring (bicyclic) bond motifs is 7. The van der Waals surface area contributed by atoms with Crippen molar-refractivity contribution in [3.63, 3.8) is 0 Å². The molecule has 1 fully saturated rings. The molecule has 33 heteroatoms. The van der Waals surface area contributed by atoms with Crippen molar-refractivity contribution in [1.82, 2.24) is 29.9 Å². The number of nitrogens with two attached hydrogens (primary N) is 1. The Labute approximate surface area is 454 Å². The monoisotopic (exact) mass is 1200 g/mol. The van der Waals surface area contributed by atoms with Crippen LogP contribution in [0.4, 0.5) is 17.2 Å². The summed E-state index contributed by atoms with van der Waals surface area (Å²) in [5, 5.41) is 26.0. The number of phosphoric acid groups is 2. The maximum absolute atomic E-state index is 12.8. The average Bonchev–Trinajstić information content (AvgIpc) is 3.38. The first-order valence-corrected chi connectivity index (χ1v) is 32.5. The summed E-state index contributed by atoms with van der Waals surface area (Å²) in [6, 6.07) is 8.86. The number of benzene rings is 2. The SMILES string of the molecule is CCN1/C2=C/C=C/C3=[N+](CCCCCC(=O)NCCCCCCNP(=O)(O)OP(=O)(O)OP(=O)(O)OC[C@H]4O[C@@H](n5cnc6c(N)ncnc65)[C@H](O)[C@@H]4O)c4ccc(S(=O)(=O)O)cc4C3(C)CC2(C)c2cc(S(=O)(=O)[O-])ccc21. The molecular formula is C46H62N9O19P3S2. The van der Waals surface area contributed by atoms with Crippen molar-refractivity contribution in [2.24, 2.45) is 0 Å². The molecule has 4 aromatic rings. The second-order valence-corrected chi connectivity index (χ2v) is 27.4. The van der Waals surface area contributed by atoms with E-state index in [1.807, 2.05) is 39.0 Å². The Balaban J connectivity index is 0.756. The van der Waals surface area contributed by atoms with Gasteiger partial charge >= 0.3 is 23.4 Å². The highest BCUT2D eigenvalue weighted by Crippen LogP contribution is 2.66. The lowest BCUT2D eigenvalue weighted by atomic mass is 9.64. The van der Waals surface area contributed by atoms with E-state index in [0.29, 0.717) is 75.7 Å². The lowest BCUT2D eigenvalue weighted by Crippen LogP contribution is -2.41. The average molecular weight is 1200 g/mol. The smallest absolute Gasteiger partial charge is 0.489 e. The molecule has 0 saturated carbocycles. The number of nitrogens with zero attached hydrogens (tertiary/aromatic N) is 6. The first-order chi connectivity index (χ1) is 37.0. The van der Waals surface area contributed by atoms with E-state index in [9.17, 15) is 69.3 Å². The van der Waals surface area contributed by atoms with Crippen LogP contribution in [0.3, 0.4) is 0 Å². The summed E-state index contributed by atoms with van der Waals surface area (Å²) in [7, 11) is -25.8. The van der Waals surface area contributed by atoms with Gasteiger partial charge in [-0.25, -0.2) is 42.2 Å². The summed E-state index contributed by atoms with van der Waals surface area (Å²) in [6.45, 7) is 6.17. The lowest BCUT2D eigenvalue weighted by molar-refractivity contribution is -0.438. The van der Waals surface area contributed by atoms with Gasteiger partial charge in [0, 0.05) is 67.0 Å². The number of hydrogen-bond donors (Lipinski definition) is 9. The first-order valence-electron chi connectivity index (χ1n) is 25.0. The van der Waals surface area contributed by atoms with Crippen LogP contribution in [-0.2, 0) is 67.4 Å². The molecule has 0 spiro atoms. The van der Waals surface area contributed by atoms with Gasteiger partial charge in [0.25, 0.3) is 10.1 Å². The molecule has 2 aromatic carbocycles. The standard InChI is InChI=1S/C46H62N9O19P3S2/c1-4-53-33-18-16-29(78(65,66)67)23-31(33)45(2)26-46(3)32-24-30(79(68,69)70)17-19-34(32)54(37(46)14-12-13-36(45)53)22-11-7-8-15-38(56)48-20-9-5-6-10-21-52-75(59,60)73-77(63,64)74-76(61,62)71-25-35-40(57)41(58)44(72-35)55-28-51-39-42(47)49-27-50-43(39)55/h12-14,16-19,23-24,27-28,35,40-41,44,57-58H,4-11,15,20-22,25-26H2,1-3H3,(H8-,47,48,49,50,52,56,59,60,61,62,63,64,65,66,67,68,69,70)/t35-,40-,41-,44-,45?,46?/m1/s1. The largest absolute Gasteiger partial charge is 0.744 e. The van der Waals surface area contributed by atoms with E-state index < -0.39 is 85.6 Å². The number of amides is 1. The number of allylic oxidation sites excluding steroid dienone is 4. The Morgan fingerprint density at radius 2 is 1.59 bits per heavy atom. The fourth-order valence-corrected chi connectivity index (χ4v) is 15.5.